The third kappa shape index (κ3) is 2.82. The normalized spacial score (nSPS) is 41.1. The number of carbonyl (C=O) groups excluding carboxylic acids is 2. The van der Waals surface area contributed by atoms with E-state index < -0.39 is 0 Å². The van der Waals surface area contributed by atoms with Gasteiger partial charge in [0, 0.05) is 30.5 Å². The highest BCUT2D eigenvalue weighted by Gasteiger charge is 2.52. The monoisotopic (exact) mass is 415 g/mol. The molecule has 0 bridgehead atoms. The minimum absolute atomic E-state index is 0.0145. The van der Waals surface area contributed by atoms with Crippen molar-refractivity contribution in [2.24, 2.45) is 17.8 Å². The van der Waals surface area contributed by atoms with Crippen LogP contribution in [0.2, 0.25) is 0 Å². The van der Waals surface area contributed by atoms with Crippen LogP contribution < -0.4 is 0 Å². The topological polar surface area (TPSA) is 74.3 Å². The second-order valence-corrected chi connectivity index (χ2v) is 9.11. The Morgan fingerprint density at radius 2 is 1.90 bits per heavy atom. The Balaban J connectivity index is 1.44. The minimum atomic E-state index is -0.383. The van der Waals surface area contributed by atoms with Crippen LogP contribution in [-0.2, 0) is 28.5 Å². The highest BCUT2D eigenvalue weighted by Crippen LogP contribution is 2.50. The molecule has 30 heavy (non-hydrogen) atoms. The molecule has 0 aromatic carbocycles. The van der Waals surface area contributed by atoms with Crippen LogP contribution in [0.1, 0.15) is 46.5 Å². The van der Waals surface area contributed by atoms with E-state index in [1.54, 1.807) is 14.0 Å². The number of hydrogen-bond donors (Lipinski definition) is 0. The Hall–Kier alpha value is -2.28. The Bertz CT molecular complexity index is 886. The lowest BCUT2D eigenvalue weighted by atomic mass is 9.85. The van der Waals surface area contributed by atoms with Crippen molar-refractivity contribution in [3.05, 3.63) is 34.7 Å². The van der Waals surface area contributed by atoms with E-state index in [1.165, 1.54) is 0 Å². The standard InChI is InChI=1S/C23H29NO6/c1-11-10-17(29-22(11)25)14-7-8-15-18-12(2)20(28-16(18)6-5-9-24(14)15)21-19(27-4)13(3)23(26)30-21/h6,11-12,14-15,17-18H,5,7-10H2,1-4H3/b21-20+/t11-,12-,14-,15-,17-,18+/m0/s1. The SMILES string of the molecule is COC1=C(C)C(=O)O/C1=C1/OC2=CCCN3[C@@H](CC[C@H]3[C@@H]3C[C@H](C)C(=O)O3)[C@H]2[C@@H]1C. The van der Waals surface area contributed by atoms with Crippen molar-refractivity contribution in [2.45, 2.75) is 64.6 Å². The zero-order chi connectivity index (χ0) is 21.2. The summed E-state index contributed by atoms with van der Waals surface area (Å²) in [7, 11) is 1.55. The molecule has 7 nitrogen and oxygen atoms in total. The highest BCUT2D eigenvalue weighted by molar-refractivity contribution is 5.93. The predicted molar refractivity (Wildman–Crippen MR) is 106 cm³/mol. The second-order valence-electron chi connectivity index (χ2n) is 9.11. The molecule has 5 heterocycles. The van der Waals surface area contributed by atoms with E-state index in [9.17, 15) is 9.59 Å². The van der Waals surface area contributed by atoms with Crippen molar-refractivity contribution in [2.75, 3.05) is 13.7 Å². The molecule has 6 atom stereocenters. The van der Waals surface area contributed by atoms with Gasteiger partial charge in [-0.1, -0.05) is 13.8 Å². The first-order valence-corrected chi connectivity index (χ1v) is 11.0. The number of rotatable bonds is 2. The summed E-state index contributed by atoms with van der Waals surface area (Å²) in [4.78, 5) is 26.6. The van der Waals surface area contributed by atoms with Crippen LogP contribution in [0.5, 0.6) is 0 Å². The number of methoxy groups -OCH3 is 1. The number of hydrogen-bond acceptors (Lipinski definition) is 7. The molecule has 7 heteroatoms. The van der Waals surface area contributed by atoms with Crippen molar-refractivity contribution >= 4 is 11.9 Å². The van der Waals surface area contributed by atoms with Crippen LogP contribution in [-0.4, -0.2) is 48.7 Å². The van der Waals surface area contributed by atoms with Gasteiger partial charge in [-0.25, -0.2) is 4.79 Å². The van der Waals surface area contributed by atoms with E-state index >= 15 is 0 Å². The molecule has 0 aromatic rings. The summed E-state index contributed by atoms with van der Waals surface area (Å²) in [5.74, 6) is 2.31. The quantitative estimate of drug-likeness (QED) is 0.642. The molecule has 0 unspecified atom stereocenters. The van der Waals surface area contributed by atoms with E-state index in [0.717, 1.165) is 38.0 Å². The third-order valence-electron chi connectivity index (χ3n) is 7.43. The van der Waals surface area contributed by atoms with Gasteiger partial charge in [0.05, 0.1) is 18.6 Å². The lowest BCUT2D eigenvalue weighted by Crippen LogP contribution is -2.45. The number of carbonyl (C=O) groups is 2. The molecule has 5 rings (SSSR count). The van der Waals surface area contributed by atoms with Crippen molar-refractivity contribution in [3.63, 3.8) is 0 Å². The van der Waals surface area contributed by atoms with Crippen LogP contribution >= 0.6 is 0 Å². The summed E-state index contributed by atoms with van der Waals surface area (Å²) in [6.45, 7) is 6.74. The molecule has 5 aliphatic rings. The molecule has 3 saturated heterocycles. The Labute approximate surface area is 176 Å². The van der Waals surface area contributed by atoms with Crippen molar-refractivity contribution in [1.29, 1.82) is 0 Å². The maximum Gasteiger partial charge on any atom is 0.343 e. The van der Waals surface area contributed by atoms with Crippen LogP contribution in [0, 0.1) is 17.8 Å². The molecular formula is C23H29NO6. The first kappa shape index (κ1) is 19.7. The van der Waals surface area contributed by atoms with Crippen molar-refractivity contribution < 1.29 is 28.5 Å². The summed E-state index contributed by atoms with van der Waals surface area (Å²) in [6.07, 6.45) is 5.90. The number of fused-ring (bicyclic) bond motifs is 3. The second kappa shape index (κ2) is 7.15. The maximum atomic E-state index is 12.1. The van der Waals surface area contributed by atoms with Gasteiger partial charge in [-0.3, -0.25) is 9.69 Å². The molecule has 5 aliphatic heterocycles. The number of cyclic esters (lactones) is 2. The van der Waals surface area contributed by atoms with E-state index in [0.29, 0.717) is 28.9 Å². The molecule has 0 saturated carbocycles. The Kier molecular flexibility index (Phi) is 4.69. The average Bonchev–Trinajstić information content (AvgIpc) is 3.40. The first-order valence-electron chi connectivity index (χ1n) is 11.0. The van der Waals surface area contributed by atoms with E-state index in [2.05, 4.69) is 17.9 Å². The van der Waals surface area contributed by atoms with E-state index in [4.69, 9.17) is 18.9 Å². The Morgan fingerprint density at radius 3 is 2.60 bits per heavy atom. The van der Waals surface area contributed by atoms with Gasteiger partial charge < -0.3 is 18.9 Å². The molecule has 162 valence electrons. The number of allylic oxidation sites excluding steroid dienone is 1. The van der Waals surface area contributed by atoms with Crippen LogP contribution in [0.3, 0.4) is 0 Å². The van der Waals surface area contributed by atoms with Crippen molar-refractivity contribution in [3.8, 4) is 0 Å². The summed E-state index contributed by atoms with van der Waals surface area (Å²) in [5, 5.41) is 0. The average molecular weight is 415 g/mol. The predicted octanol–water partition coefficient (Wildman–Crippen LogP) is 3.03. The summed E-state index contributed by atoms with van der Waals surface area (Å²) < 4.78 is 23.0. The van der Waals surface area contributed by atoms with Gasteiger partial charge in [0.2, 0.25) is 5.76 Å². The molecular weight excluding hydrogens is 386 g/mol. The fourth-order valence-corrected chi connectivity index (χ4v) is 5.92. The lowest BCUT2D eigenvalue weighted by molar-refractivity contribution is -0.146. The molecule has 0 aromatic heterocycles. The van der Waals surface area contributed by atoms with Gasteiger partial charge in [-0.2, -0.15) is 0 Å². The van der Waals surface area contributed by atoms with Gasteiger partial charge >= 0.3 is 11.9 Å². The maximum absolute atomic E-state index is 12.1. The van der Waals surface area contributed by atoms with E-state index in [1.807, 2.05) is 6.92 Å². The number of nitrogens with zero attached hydrogens (tertiary/aromatic N) is 1. The largest absolute Gasteiger partial charge is 0.492 e. The fourth-order valence-electron chi connectivity index (χ4n) is 5.92. The zero-order valence-electron chi connectivity index (χ0n) is 18.0. The molecule has 3 fully saturated rings. The van der Waals surface area contributed by atoms with Crippen LogP contribution in [0.25, 0.3) is 0 Å². The van der Waals surface area contributed by atoms with Crippen LogP contribution in [0.15, 0.2) is 34.7 Å². The summed E-state index contributed by atoms with van der Waals surface area (Å²) in [6, 6.07) is 0.584. The van der Waals surface area contributed by atoms with E-state index in [-0.39, 0.29) is 41.8 Å². The Morgan fingerprint density at radius 1 is 1.13 bits per heavy atom. The summed E-state index contributed by atoms with van der Waals surface area (Å²) in [5.41, 5.74) is 0.469. The minimum Gasteiger partial charge on any atom is -0.492 e. The fraction of sp³-hybridized carbons (Fsp3) is 0.652. The zero-order valence-corrected chi connectivity index (χ0v) is 18.0. The third-order valence-corrected chi connectivity index (χ3v) is 7.43. The van der Waals surface area contributed by atoms with Gasteiger partial charge in [0.15, 0.2) is 11.5 Å². The number of esters is 2. The van der Waals surface area contributed by atoms with Crippen molar-refractivity contribution in [1.82, 2.24) is 4.90 Å². The number of ether oxygens (including phenoxy) is 4. The van der Waals surface area contributed by atoms with Crippen LogP contribution in [0.4, 0.5) is 0 Å². The highest BCUT2D eigenvalue weighted by atomic mass is 16.6. The molecule has 0 N–H and O–H groups in total. The lowest BCUT2D eigenvalue weighted by Gasteiger charge is -2.34. The molecule has 0 amide bonds. The molecule has 0 aliphatic carbocycles. The first-order chi connectivity index (χ1) is 14.4. The molecule has 0 spiro atoms. The van der Waals surface area contributed by atoms with Gasteiger partial charge in [0.1, 0.15) is 11.9 Å². The van der Waals surface area contributed by atoms with Gasteiger partial charge in [-0.15, -0.1) is 0 Å². The van der Waals surface area contributed by atoms with Gasteiger partial charge in [0.25, 0.3) is 0 Å². The van der Waals surface area contributed by atoms with Gasteiger partial charge in [-0.05, 0) is 38.7 Å². The molecule has 0 radical (unpaired) electrons. The summed E-state index contributed by atoms with van der Waals surface area (Å²) >= 11 is 0. The smallest absolute Gasteiger partial charge is 0.343 e.